The number of carbonyl (C=O) groups is 1. The van der Waals surface area contributed by atoms with E-state index in [1.54, 1.807) is 29.2 Å². The number of hydrogen-bond acceptors (Lipinski definition) is 6. The predicted octanol–water partition coefficient (Wildman–Crippen LogP) is 5.25. The molecule has 2 heterocycles. The first-order chi connectivity index (χ1) is 18.3. The number of nitrogens with zero attached hydrogens (tertiary/aromatic N) is 5. The maximum Gasteiger partial charge on any atom is 0.416 e. The number of carbonyl (C=O) groups excluding carboxylic acids is 1. The van der Waals surface area contributed by atoms with Crippen molar-refractivity contribution >= 4 is 5.91 Å². The van der Waals surface area contributed by atoms with Gasteiger partial charge in [0.15, 0.2) is 0 Å². The average molecular weight is 518 g/mol. The number of amides is 1. The van der Waals surface area contributed by atoms with Gasteiger partial charge in [0.2, 0.25) is 5.82 Å². The molecule has 0 atom stereocenters. The predicted molar refractivity (Wildman–Crippen MR) is 133 cm³/mol. The monoisotopic (exact) mass is 517 g/mol. The van der Waals surface area contributed by atoms with Gasteiger partial charge in [-0.2, -0.15) is 23.4 Å². The molecule has 0 radical (unpaired) electrons. The van der Waals surface area contributed by atoms with Crippen LogP contribution in [0.15, 0.2) is 77.3 Å². The van der Waals surface area contributed by atoms with Crippen LogP contribution in [0.4, 0.5) is 13.2 Å². The number of piperazine rings is 1. The van der Waals surface area contributed by atoms with E-state index >= 15 is 0 Å². The van der Waals surface area contributed by atoms with Crippen LogP contribution in [0.1, 0.15) is 27.0 Å². The highest BCUT2D eigenvalue weighted by Gasteiger charge is 2.31. The average Bonchev–Trinajstić information content (AvgIpc) is 3.44. The zero-order valence-corrected chi connectivity index (χ0v) is 20.2. The van der Waals surface area contributed by atoms with Crippen molar-refractivity contribution in [2.45, 2.75) is 12.7 Å². The lowest BCUT2D eigenvalue weighted by molar-refractivity contribution is -0.137. The first kappa shape index (κ1) is 25.2. The summed E-state index contributed by atoms with van der Waals surface area (Å²) in [5.41, 5.74) is 1.97. The summed E-state index contributed by atoms with van der Waals surface area (Å²) in [5.74, 6) is 0.171. The van der Waals surface area contributed by atoms with Crippen LogP contribution in [0.2, 0.25) is 0 Å². The Balaban J connectivity index is 1.19. The maximum atomic E-state index is 13.0. The maximum absolute atomic E-state index is 13.0. The third kappa shape index (κ3) is 5.43. The van der Waals surface area contributed by atoms with Gasteiger partial charge in [-0.05, 0) is 35.9 Å². The van der Waals surface area contributed by atoms with Gasteiger partial charge in [-0.15, -0.1) is 0 Å². The van der Waals surface area contributed by atoms with E-state index in [1.165, 1.54) is 12.1 Å². The Hall–Kier alpha value is -4.49. The molecule has 7 nitrogen and oxygen atoms in total. The molecule has 1 aliphatic heterocycles. The number of alkyl halides is 3. The number of rotatable bonds is 5. The van der Waals surface area contributed by atoms with Crippen LogP contribution >= 0.6 is 0 Å². The number of halogens is 3. The molecule has 10 heteroatoms. The van der Waals surface area contributed by atoms with Crippen molar-refractivity contribution in [1.82, 2.24) is 19.9 Å². The fourth-order valence-corrected chi connectivity index (χ4v) is 4.35. The summed E-state index contributed by atoms with van der Waals surface area (Å²) in [6.07, 6.45) is -4.46. The molecule has 5 rings (SSSR count). The zero-order chi connectivity index (χ0) is 26.7. The number of benzene rings is 3. The van der Waals surface area contributed by atoms with E-state index in [9.17, 15) is 23.2 Å². The molecule has 1 fully saturated rings. The van der Waals surface area contributed by atoms with Crippen molar-refractivity contribution in [2.24, 2.45) is 0 Å². The van der Waals surface area contributed by atoms with Crippen LogP contribution in [0, 0.1) is 11.3 Å². The highest BCUT2D eigenvalue weighted by Crippen LogP contribution is 2.32. The molecule has 0 spiro atoms. The second-order valence-electron chi connectivity index (χ2n) is 8.92. The molecule has 1 aromatic heterocycles. The second-order valence-corrected chi connectivity index (χ2v) is 8.92. The van der Waals surface area contributed by atoms with Gasteiger partial charge in [-0.25, -0.2) is 0 Å². The van der Waals surface area contributed by atoms with Gasteiger partial charge in [-0.3, -0.25) is 9.69 Å². The molecular formula is C28H22F3N5O2. The van der Waals surface area contributed by atoms with Crippen molar-refractivity contribution in [3.8, 4) is 28.9 Å². The van der Waals surface area contributed by atoms with Crippen molar-refractivity contribution in [1.29, 1.82) is 5.26 Å². The molecule has 1 saturated heterocycles. The summed E-state index contributed by atoms with van der Waals surface area (Å²) in [5, 5.41) is 13.2. The third-order valence-electron chi connectivity index (χ3n) is 6.42. The SMILES string of the molecule is N#Cc1ccccc1C(=O)N1CCN(Cc2ccc(-c3noc(-c4cccc(C(F)(F)F)c4)n3)cc2)CC1. The molecule has 0 bridgehead atoms. The molecule has 1 amide bonds. The molecule has 192 valence electrons. The fraction of sp³-hybridized carbons (Fsp3) is 0.214. The Labute approximate surface area is 216 Å². The summed E-state index contributed by atoms with van der Waals surface area (Å²) in [6.45, 7) is 3.23. The number of nitriles is 1. The minimum atomic E-state index is -4.46. The molecule has 4 aromatic rings. The van der Waals surface area contributed by atoms with Crippen LogP contribution in [0.5, 0.6) is 0 Å². The molecule has 1 aliphatic rings. The zero-order valence-electron chi connectivity index (χ0n) is 20.2. The standard InChI is InChI=1S/C28H22F3N5O2/c29-28(30,31)23-6-3-5-21(16-23)26-33-25(34-38-26)20-10-8-19(9-11-20)18-35-12-14-36(15-13-35)27(37)24-7-2-1-4-22(24)17-32/h1-11,16H,12-15,18H2. The lowest BCUT2D eigenvalue weighted by Crippen LogP contribution is -2.48. The van der Waals surface area contributed by atoms with E-state index in [0.717, 1.165) is 17.7 Å². The van der Waals surface area contributed by atoms with Crippen molar-refractivity contribution in [3.63, 3.8) is 0 Å². The van der Waals surface area contributed by atoms with Gasteiger partial charge in [-0.1, -0.05) is 47.6 Å². The minimum absolute atomic E-state index is 0.0139. The van der Waals surface area contributed by atoms with E-state index in [2.05, 4.69) is 21.1 Å². The third-order valence-corrected chi connectivity index (χ3v) is 6.42. The first-order valence-corrected chi connectivity index (χ1v) is 11.9. The summed E-state index contributed by atoms with van der Waals surface area (Å²) < 4.78 is 44.3. The first-order valence-electron chi connectivity index (χ1n) is 11.9. The molecule has 0 saturated carbocycles. The lowest BCUT2D eigenvalue weighted by atomic mass is 10.1. The molecular weight excluding hydrogens is 495 g/mol. The van der Waals surface area contributed by atoms with Crippen molar-refractivity contribution < 1.29 is 22.5 Å². The number of hydrogen-bond donors (Lipinski definition) is 0. The topological polar surface area (TPSA) is 86.3 Å². The lowest BCUT2D eigenvalue weighted by Gasteiger charge is -2.35. The van der Waals surface area contributed by atoms with E-state index in [-0.39, 0.29) is 23.2 Å². The van der Waals surface area contributed by atoms with Gasteiger partial charge < -0.3 is 9.42 Å². The van der Waals surface area contributed by atoms with Crippen LogP contribution in [0.25, 0.3) is 22.8 Å². The van der Waals surface area contributed by atoms with Crippen molar-refractivity contribution in [3.05, 3.63) is 95.1 Å². The summed E-state index contributed by atoms with van der Waals surface area (Å²) in [6, 6.07) is 21.2. The van der Waals surface area contributed by atoms with Crippen LogP contribution in [0.3, 0.4) is 0 Å². The van der Waals surface area contributed by atoms with Crippen LogP contribution < -0.4 is 0 Å². The Morgan fingerprint density at radius 3 is 2.39 bits per heavy atom. The quantitative estimate of drug-likeness (QED) is 0.359. The fourth-order valence-electron chi connectivity index (χ4n) is 4.35. The normalized spacial score (nSPS) is 14.3. The highest BCUT2D eigenvalue weighted by atomic mass is 19.4. The number of aromatic nitrogens is 2. The van der Waals surface area contributed by atoms with E-state index < -0.39 is 11.7 Å². The van der Waals surface area contributed by atoms with Gasteiger partial charge in [0.1, 0.15) is 0 Å². The minimum Gasteiger partial charge on any atom is -0.336 e. The largest absolute Gasteiger partial charge is 0.416 e. The molecule has 0 N–H and O–H groups in total. The van der Waals surface area contributed by atoms with Crippen molar-refractivity contribution in [2.75, 3.05) is 26.2 Å². The summed E-state index contributed by atoms with van der Waals surface area (Å²) in [4.78, 5) is 21.1. The summed E-state index contributed by atoms with van der Waals surface area (Å²) >= 11 is 0. The van der Waals surface area contributed by atoms with Gasteiger partial charge in [0, 0.05) is 43.9 Å². The van der Waals surface area contributed by atoms with Gasteiger partial charge in [0.25, 0.3) is 11.8 Å². The van der Waals surface area contributed by atoms with Gasteiger partial charge in [0.05, 0.1) is 22.8 Å². The Kier molecular flexibility index (Phi) is 6.94. The summed E-state index contributed by atoms with van der Waals surface area (Å²) in [7, 11) is 0. The second kappa shape index (κ2) is 10.5. The molecule has 0 unspecified atom stereocenters. The molecule has 38 heavy (non-hydrogen) atoms. The van der Waals surface area contributed by atoms with E-state index in [0.29, 0.717) is 49.4 Å². The van der Waals surface area contributed by atoms with E-state index in [1.807, 2.05) is 24.3 Å². The molecule has 3 aromatic carbocycles. The Morgan fingerprint density at radius 1 is 0.947 bits per heavy atom. The van der Waals surface area contributed by atoms with Crippen LogP contribution in [-0.2, 0) is 12.7 Å². The smallest absolute Gasteiger partial charge is 0.336 e. The van der Waals surface area contributed by atoms with E-state index in [4.69, 9.17) is 4.52 Å². The highest BCUT2D eigenvalue weighted by molar-refractivity contribution is 5.96. The Morgan fingerprint density at radius 2 is 1.68 bits per heavy atom. The van der Waals surface area contributed by atoms with Crippen LogP contribution in [-0.4, -0.2) is 52.0 Å². The Bertz CT molecular complexity index is 1480. The van der Waals surface area contributed by atoms with Gasteiger partial charge >= 0.3 is 6.18 Å². The molecule has 0 aliphatic carbocycles.